The van der Waals surface area contributed by atoms with Crippen molar-refractivity contribution in [3.05, 3.63) is 58.4 Å². The summed E-state index contributed by atoms with van der Waals surface area (Å²) in [5.41, 5.74) is 4.78. The number of aromatic hydroxyl groups is 1. The van der Waals surface area contributed by atoms with Crippen LogP contribution < -0.4 is 5.32 Å². The molecular weight excluding hydrogens is 265 g/mol. The molecule has 2 atom stereocenters. The van der Waals surface area contributed by atoms with E-state index in [2.05, 4.69) is 19.2 Å². The van der Waals surface area contributed by atoms with Gasteiger partial charge in [0.15, 0.2) is 0 Å². The molecule has 2 unspecified atom stereocenters. The molecule has 0 bridgehead atoms. The lowest BCUT2D eigenvalue weighted by Crippen LogP contribution is -2.08. The number of halogens is 1. The molecule has 1 aliphatic rings. The van der Waals surface area contributed by atoms with Gasteiger partial charge in [0, 0.05) is 11.3 Å². The summed E-state index contributed by atoms with van der Waals surface area (Å²) < 4.78 is 13.7. The number of hydrogen-bond donors (Lipinski definition) is 2. The van der Waals surface area contributed by atoms with Crippen molar-refractivity contribution in [3.63, 3.8) is 0 Å². The van der Waals surface area contributed by atoms with E-state index in [0.29, 0.717) is 17.2 Å². The average molecular weight is 285 g/mol. The fourth-order valence-electron chi connectivity index (χ4n) is 3.36. The molecule has 1 aliphatic carbocycles. The van der Waals surface area contributed by atoms with Gasteiger partial charge in [-0.25, -0.2) is 4.39 Å². The molecule has 21 heavy (non-hydrogen) atoms. The molecule has 0 amide bonds. The SMILES string of the molecule is Cc1ccc(NC2CC(C)c3c(C)ccc(O)c32)cc1F. The van der Waals surface area contributed by atoms with Gasteiger partial charge in [-0.15, -0.1) is 0 Å². The molecule has 0 fully saturated rings. The number of hydrogen-bond acceptors (Lipinski definition) is 2. The lowest BCUT2D eigenvalue weighted by Gasteiger charge is -2.17. The number of aryl methyl sites for hydroxylation is 2. The van der Waals surface area contributed by atoms with Crippen LogP contribution in [-0.2, 0) is 0 Å². The Labute approximate surface area is 124 Å². The minimum atomic E-state index is -0.209. The molecule has 0 heterocycles. The highest BCUT2D eigenvalue weighted by molar-refractivity contribution is 5.56. The van der Waals surface area contributed by atoms with Gasteiger partial charge in [0.05, 0.1) is 6.04 Å². The molecule has 2 aromatic rings. The standard InChI is InChI=1S/C18H20FNO/c1-10-4-6-13(9-14(10)19)20-15-8-12(3)17-11(2)5-7-16(21)18(15)17/h4-7,9,12,15,20-21H,8H2,1-3H3. The van der Waals surface area contributed by atoms with Crippen LogP contribution in [0.5, 0.6) is 5.75 Å². The van der Waals surface area contributed by atoms with Crippen LogP contribution in [0.2, 0.25) is 0 Å². The van der Waals surface area contributed by atoms with E-state index in [9.17, 15) is 9.50 Å². The van der Waals surface area contributed by atoms with Crippen molar-refractivity contribution in [2.75, 3.05) is 5.32 Å². The van der Waals surface area contributed by atoms with Crippen molar-refractivity contribution in [2.45, 2.75) is 39.2 Å². The van der Waals surface area contributed by atoms with E-state index in [4.69, 9.17) is 0 Å². The summed E-state index contributed by atoms with van der Waals surface area (Å²) in [6.07, 6.45) is 0.906. The van der Waals surface area contributed by atoms with E-state index in [-0.39, 0.29) is 11.9 Å². The molecule has 0 aromatic heterocycles. The van der Waals surface area contributed by atoms with Crippen molar-refractivity contribution < 1.29 is 9.50 Å². The number of fused-ring (bicyclic) bond motifs is 1. The maximum atomic E-state index is 13.7. The van der Waals surface area contributed by atoms with Gasteiger partial charge in [-0.1, -0.05) is 19.1 Å². The van der Waals surface area contributed by atoms with E-state index < -0.39 is 0 Å². The van der Waals surface area contributed by atoms with Crippen LogP contribution in [0.15, 0.2) is 30.3 Å². The Morgan fingerprint density at radius 1 is 1.10 bits per heavy atom. The number of benzene rings is 2. The summed E-state index contributed by atoms with van der Waals surface area (Å²) >= 11 is 0. The van der Waals surface area contributed by atoms with Crippen LogP contribution in [0.25, 0.3) is 0 Å². The van der Waals surface area contributed by atoms with E-state index in [0.717, 1.165) is 17.7 Å². The normalized spacial score (nSPS) is 20.4. The smallest absolute Gasteiger partial charge is 0.128 e. The average Bonchev–Trinajstić information content (AvgIpc) is 2.76. The highest BCUT2D eigenvalue weighted by Crippen LogP contribution is 2.47. The Morgan fingerprint density at radius 3 is 2.52 bits per heavy atom. The van der Waals surface area contributed by atoms with Crippen LogP contribution in [0, 0.1) is 19.7 Å². The minimum absolute atomic E-state index is 0.0250. The molecular formula is C18H20FNO. The van der Waals surface area contributed by atoms with Crippen LogP contribution in [0.1, 0.15) is 47.6 Å². The van der Waals surface area contributed by atoms with Gasteiger partial charge >= 0.3 is 0 Å². The van der Waals surface area contributed by atoms with E-state index in [1.165, 1.54) is 17.2 Å². The molecule has 0 aliphatic heterocycles. The lowest BCUT2D eigenvalue weighted by molar-refractivity contribution is 0.465. The molecule has 0 saturated carbocycles. The third kappa shape index (κ3) is 2.37. The second-order valence-corrected chi connectivity index (χ2v) is 6.03. The zero-order valence-electron chi connectivity index (χ0n) is 12.6. The van der Waals surface area contributed by atoms with Crippen molar-refractivity contribution in [2.24, 2.45) is 0 Å². The monoisotopic (exact) mass is 285 g/mol. The fraction of sp³-hybridized carbons (Fsp3) is 0.333. The lowest BCUT2D eigenvalue weighted by atomic mass is 9.97. The molecule has 3 heteroatoms. The van der Waals surface area contributed by atoms with Gasteiger partial charge < -0.3 is 10.4 Å². The Balaban J connectivity index is 1.96. The van der Waals surface area contributed by atoms with Crippen molar-refractivity contribution in [1.29, 1.82) is 0 Å². The topological polar surface area (TPSA) is 32.3 Å². The molecule has 0 saturated heterocycles. The number of anilines is 1. The van der Waals surface area contributed by atoms with Gasteiger partial charge in [0.2, 0.25) is 0 Å². The summed E-state index contributed by atoms with van der Waals surface area (Å²) in [5.74, 6) is 0.504. The summed E-state index contributed by atoms with van der Waals surface area (Å²) in [4.78, 5) is 0. The second kappa shape index (κ2) is 5.06. The molecule has 2 N–H and O–H groups in total. The number of rotatable bonds is 2. The molecule has 3 rings (SSSR count). The number of phenolic OH excluding ortho intramolecular Hbond substituents is 1. The van der Waals surface area contributed by atoms with Crippen LogP contribution in [0.3, 0.4) is 0 Å². The minimum Gasteiger partial charge on any atom is -0.508 e. The van der Waals surface area contributed by atoms with E-state index >= 15 is 0 Å². The summed E-state index contributed by atoms with van der Waals surface area (Å²) in [7, 11) is 0. The van der Waals surface area contributed by atoms with Crippen molar-refractivity contribution >= 4 is 5.69 Å². The van der Waals surface area contributed by atoms with Gasteiger partial charge in [-0.05, 0) is 61.1 Å². The summed E-state index contributed by atoms with van der Waals surface area (Å²) in [6, 6.07) is 8.90. The zero-order chi connectivity index (χ0) is 15.1. The summed E-state index contributed by atoms with van der Waals surface area (Å²) in [6.45, 7) is 5.99. The maximum Gasteiger partial charge on any atom is 0.128 e. The predicted molar refractivity (Wildman–Crippen MR) is 83.4 cm³/mol. The summed E-state index contributed by atoms with van der Waals surface area (Å²) in [5, 5.41) is 13.6. The first-order valence-electron chi connectivity index (χ1n) is 7.32. The second-order valence-electron chi connectivity index (χ2n) is 6.03. The quantitative estimate of drug-likeness (QED) is 0.830. The first-order chi connectivity index (χ1) is 9.97. The highest BCUT2D eigenvalue weighted by atomic mass is 19.1. The van der Waals surface area contributed by atoms with Crippen LogP contribution >= 0.6 is 0 Å². The third-order valence-corrected chi connectivity index (χ3v) is 4.43. The Bertz CT molecular complexity index is 696. The third-order valence-electron chi connectivity index (χ3n) is 4.43. The highest BCUT2D eigenvalue weighted by Gasteiger charge is 2.32. The van der Waals surface area contributed by atoms with E-state index in [1.807, 2.05) is 12.1 Å². The Kier molecular flexibility index (Phi) is 3.36. The number of nitrogens with one attached hydrogen (secondary N) is 1. The van der Waals surface area contributed by atoms with Crippen molar-refractivity contribution in [3.8, 4) is 5.75 Å². The molecule has 0 radical (unpaired) electrons. The Morgan fingerprint density at radius 2 is 1.81 bits per heavy atom. The van der Waals surface area contributed by atoms with Gasteiger partial charge in [0.25, 0.3) is 0 Å². The molecule has 2 aromatic carbocycles. The van der Waals surface area contributed by atoms with Gasteiger partial charge in [-0.3, -0.25) is 0 Å². The zero-order valence-corrected chi connectivity index (χ0v) is 12.6. The predicted octanol–water partition coefficient (Wildman–Crippen LogP) is 4.81. The Hall–Kier alpha value is -2.03. The van der Waals surface area contributed by atoms with Crippen LogP contribution in [-0.4, -0.2) is 5.11 Å². The largest absolute Gasteiger partial charge is 0.508 e. The molecule has 2 nitrogen and oxygen atoms in total. The van der Waals surface area contributed by atoms with E-state index in [1.54, 1.807) is 19.1 Å². The first kappa shape index (κ1) is 13.9. The van der Waals surface area contributed by atoms with Crippen molar-refractivity contribution in [1.82, 2.24) is 0 Å². The first-order valence-corrected chi connectivity index (χ1v) is 7.32. The fourth-order valence-corrected chi connectivity index (χ4v) is 3.36. The number of phenols is 1. The maximum absolute atomic E-state index is 13.7. The molecule has 110 valence electrons. The van der Waals surface area contributed by atoms with Gasteiger partial charge in [0.1, 0.15) is 11.6 Å². The van der Waals surface area contributed by atoms with Crippen LogP contribution in [0.4, 0.5) is 10.1 Å². The molecule has 0 spiro atoms. The van der Waals surface area contributed by atoms with Gasteiger partial charge in [-0.2, -0.15) is 0 Å².